The van der Waals surface area contributed by atoms with E-state index in [1.54, 1.807) is 11.4 Å². The van der Waals surface area contributed by atoms with Crippen molar-refractivity contribution in [3.63, 3.8) is 0 Å². The summed E-state index contributed by atoms with van der Waals surface area (Å²) in [5.41, 5.74) is 0.369. The molecule has 6 heteroatoms. The van der Waals surface area contributed by atoms with E-state index in [9.17, 15) is 4.79 Å². The fraction of sp³-hybridized carbons (Fsp3) is 0.167. The number of carbonyl (C=O) groups is 1. The summed E-state index contributed by atoms with van der Waals surface area (Å²) in [6.07, 6.45) is 0. The normalized spacial score (nSPS) is 9.58. The second-order valence-electron chi connectivity index (χ2n) is 2.12. The quantitative estimate of drug-likeness (QED) is 0.526. The maximum atomic E-state index is 10.9. The Bertz CT molecular complexity index is 283. The highest BCUT2D eigenvalue weighted by Crippen LogP contribution is 2.26. The Morgan fingerprint density at radius 2 is 2.33 bits per heavy atom. The van der Waals surface area contributed by atoms with Gasteiger partial charge in [-0.2, -0.15) is 0 Å². The van der Waals surface area contributed by atoms with Gasteiger partial charge in [-0.3, -0.25) is 4.79 Å². The fourth-order valence-electron chi connectivity index (χ4n) is 0.743. The van der Waals surface area contributed by atoms with Crippen LogP contribution in [0.2, 0.25) is 0 Å². The summed E-state index contributed by atoms with van der Waals surface area (Å²) in [5, 5.41) is 18.8. The van der Waals surface area contributed by atoms with Crippen LogP contribution in [0.4, 0.5) is 0 Å². The lowest BCUT2D eigenvalue weighted by Crippen LogP contribution is -2.20. The Kier molecular flexibility index (Phi) is 2.85. The molecule has 0 aliphatic rings. The van der Waals surface area contributed by atoms with Crippen molar-refractivity contribution >= 4 is 24.4 Å². The van der Waals surface area contributed by atoms with Gasteiger partial charge >= 0.3 is 7.32 Å². The van der Waals surface area contributed by atoms with Gasteiger partial charge in [0, 0.05) is 0 Å². The Morgan fingerprint density at radius 1 is 1.67 bits per heavy atom. The third kappa shape index (κ3) is 2.07. The van der Waals surface area contributed by atoms with Crippen LogP contribution in [-0.2, 0) is 0 Å². The zero-order chi connectivity index (χ0) is 9.14. The maximum Gasteiger partial charge on any atom is 0.708 e. The van der Waals surface area contributed by atoms with Crippen molar-refractivity contribution in [2.45, 2.75) is 6.92 Å². The second kappa shape index (κ2) is 3.71. The molecule has 0 amide bonds. The van der Waals surface area contributed by atoms with E-state index in [1.807, 2.05) is 0 Å². The average Bonchev–Trinajstić information content (AvgIpc) is 2.33. The van der Waals surface area contributed by atoms with E-state index >= 15 is 0 Å². The predicted molar refractivity (Wildman–Crippen MR) is 45.1 cm³/mol. The molecule has 1 rings (SSSR count). The van der Waals surface area contributed by atoms with Crippen molar-refractivity contribution in [2.75, 3.05) is 0 Å². The summed E-state index contributed by atoms with van der Waals surface area (Å²) in [6.45, 7) is 1.39. The first kappa shape index (κ1) is 9.24. The van der Waals surface area contributed by atoms with Crippen LogP contribution >= 0.6 is 11.3 Å². The molecule has 4 nitrogen and oxygen atoms in total. The van der Waals surface area contributed by atoms with Crippen molar-refractivity contribution in [1.29, 1.82) is 0 Å². The monoisotopic (exact) mass is 186 g/mol. The zero-order valence-corrected chi connectivity index (χ0v) is 7.17. The van der Waals surface area contributed by atoms with Crippen molar-refractivity contribution in [3.05, 3.63) is 17.0 Å². The number of carbonyl (C=O) groups excluding carboxylic acids is 1. The molecule has 0 fully saturated rings. The minimum absolute atomic E-state index is 0.160. The zero-order valence-electron chi connectivity index (χ0n) is 6.35. The van der Waals surface area contributed by atoms with E-state index in [2.05, 4.69) is 4.65 Å². The lowest BCUT2D eigenvalue weighted by Gasteiger charge is -2.02. The van der Waals surface area contributed by atoms with Gasteiger partial charge in [0.1, 0.15) is 0 Å². The Hall–Kier alpha value is -0.845. The molecule has 0 bridgehead atoms. The van der Waals surface area contributed by atoms with Crippen LogP contribution in [0.3, 0.4) is 0 Å². The summed E-state index contributed by atoms with van der Waals surface area (Å²) in [6, 6.07) is 1.57. The highest BCUT2D eigenvalue weighted by atomic mass is 32.1. The molecule has 0 unspecified atom stereocenters. The molecular formula is C6H7BO4S. The van der Waals surface area contributed by atoms with Gasteiger partial charge < -0.3 is 14.7 Å². The minimum atomic E-state index is -1.87. The maximum absolute atomic E-state index is 10.9. The Morgan fingerprint density at radius 3 is 2.83 bits per heavy atom. The molecular weight excluding hydrogens is 179 g/mol. The molecule has 2 N–H and O–H groups in total. The van der Waals surface area contributed by atoms with Gasteiger partial charge in [0.05, 0.1) is 5.56 Å². The van der Waals surface area contributed by atoms with Crippen LogP contribution < -0.4 is 4.65 Å². The third-order valence-corrected chi connectivity index (χ3v) is 2.02. The molecule has 0 saturated carbocycles. The van der Waals surface area contributed by atoms with Gasteiger partial charge in [-0.25, -0.2) is 0 Å². The highest BCUT2D eigenvalue weighted by Gasteiger charge is 2.17. The van der Waals surface area contributed by atoms with Gasteiger partial charge in [0.15, 0.2) is 10.8 Å². The summed E-state index contributed by atoms with van der Waals surface area (Å²) < 4.78 is 4.56. The van der Waals surface area contributed by atoms with E-state index < -0.39 is 7.32 Å². The molecule has 1 heterocycles. The summed E-state index contributed by atoms with van der Waals surface area (Å²) in [5.74, 6) is -0.160. The molecule has 1 aromatic heterocycles. The lowest BCUT2D eigenvalue weighted by molar-refractivity contribution is 0.101. The largest absolute Gasteiger partial charge is 0.708 e. The van der Waals surface area contributed by atoms with E-state index in [1.165, 1.54) is 6.92 Å². The summed E-state index contributed by atoms with van der Waals surface area (Å²) in [7, 11) is -1.87. The fourth-order valence-corrected chi connectivity index (χ4v) is 1.55. The standard InChI is InChI=1S/C6H7BO4S/c1-4(8)5-2-3-12-6(5)11-7(9)10/h2-3,9-10H,1H3. The van der Waals surface area contributed by atoms with Crippen molar-refractivity contribution in [1.82, 2.24) is 0 Å². The van der Waals surface area contributed by atoms with Gasteiger partial charge in [0.2, 0.25) is 0 Å². The van der Waals surface area contributed by atoms with E-state index in [4.69, 9.17) is 10.0 Å². The average molecular weight is 186 g/mol. The van der Waals surface area contributed by atoms with Gasteiger partial charge in [-0.15, -0.1) is 11.3 Å². The van der Waals surface area contributed by atoms with Crippen LogP contribution in [-0.4, -0.2) is 23.2 Å². The Labute approximate surface area is 73.6 Å². The number of rotatable bonds is 3. The van der Waals surface area contributed by atoms with E-state index in [-0.39, 0.29) is 10.8 Å². The highest BCUT2D eigenvalue weighted by molar-refractivity contribution is 7.12. The van der Waals surface area contributed by atoms with Crippen LogP contribution in [0.5, 0.6) is 5.06 Å². The SMILES string of the molecule is CC(=O)c1ccsc1OB(O)O. The summed E-state index contributed by atoms with van der Waals surface area (Å²) in [4.78, 5) is 10.9. The van der Waals surface area contributed by atoms with Crippen molar-refractivity contribution < 1.29 is 19.5 Å². The van der Waals surface area contributed by atoms with Crippen LogP contribution in [0, 0.1) is 0 Å². The van der Waals surface area contributed by atoms with Crippen molar-refractivity contribution in [2.24, 2.45) is 0 Å². The van der Waals surface area contributed by atoms with Crippen molar-refractivity contribution in [3.8, 4) is 5.06 Å². The lowest BCUT2D eigenvalue weighted by atomic mass is 10.2. The third-order valence-electron chi connectivity index (χ3n) is 1.22. The molecule has 0 spiro atoms. The van der Waals surface area contributed by atoms with E-state index in [0.29, 0.717) is 5.56 Å². The molecule has 0 atom stereocenters. The number of thiophene rings is 1. The Balaban J connectivity index is 2.84. The van der Waals surface area contributed by atoms with Crippen LogP contribution in [0.1, 0.15) is 17.3 Å². The molecule has 12 heavy (non-hydrogen) atoms. The van der Waals surface area contributed by atoms with Gasteiger partial charge in [0.25, 0.3) is 0 Å². The number of hydrogen-bond acceptors (Lipinski definition) is 5. The molecule has 0 aliphatic carbocycles. The van der Waals surface area contributed by atoms with Gasteiger partial charge in [-0.1, -0.05) is 0 Å². The van der Waals surface area contributed by atoms with Crippen LogP contribution in [0.25, 0.3) is 0 Å². The first-order chi connectivity index (χ1) is 5.61. The predicted octanol–water partition coefficient (Wildman–Crippen LogP) is 0.299. The second-order valence-corrected chi connectivity index (χ2v) is 3.00. The summed E-state index contributed by atoms with van der Waals surface area (Å²) >= 11 is 1.14. The molecule has 0 aromatic carbocycles. The number of ketones is 1. The minimum Gasteiger partial charge on any atom is -0.504 e. The molecule has 0 radical (unpaired) electrons. The molecule has 1 aromatic rings. The van der Waals surface area contributed by atoms with E-state index in [0.717, 1.165) is 11.3 Å². The number of hydrogen-bond donors (Lipinski definition) is 2. The first-order valence-electron chi connectivity index (χ1n) is 3.22. The molecule has 64 valence electrons. The number of Topliss-reactive ketones (excluding diaryl/α,β-unsaturated/α-hetero) is 1. The van der Waals surface area contributed by atoms with Crippen LogP contribution in [0.15, 0.2) is 11.4 Å². The molecule has 0 saturated heterocycles. The van der Waals surface area contributed by atoms with Gasteiger partial charge in [-0.05, 0) is 18.4 Å². The first-order valence-corrected chi connectivity index (χ1v) is 4.10. The smallest absolute Gasteiger partial charge is 0.504 e. The topological polar surface area (TPSA) is 66.8 Å². The molecule has 0 aliphatic heterocycles.